The number of hydrogen-bond donors (Lipinski definition) is 0. The lowest BCUT2D eigenvalue weighted by Gasteiger charge is -1.63. The van der Waals surface area contributed by atoms with Gasteiger partial charge in [0.05, 0.1) is 6.54 Å². The molecule has 1 aliphatic heterocycles. The van der Waals surface area contributed by atoms with Crippen LogP contribution in [0.2, 0.25) is 0 Å². The molecule has 1 rings (SSSR count). The summed E-state index contributed by atoms with van der Waals surface area (Å²) >= 11 is 1.53. The van der Waals surface area contributed by atoms with E-state index in [9.17, 15) is 0 Å². The minimum absolute atomic E-state index is 0.921. The Balaban J connectivity index is 2.32. The van der Waals surface area contributed by atoms with Gasteiger partial charge in [-0.3, -0.25) is 0 Å². The van der Waals surface area contributed by atoms with Crippen molar-refractivity contribution < 1.29 is 0 Å². The van der Waals surface area contributed by atoms with E-state index in [1.165, 1.54) is 11.9 Å². The first-order valence-electron chi connectivity index (χ1n) is 1.49. The lowest BCUT2D eigenvalue weighted by atomic mass is 10.8. The van der Waals surface area contributed by atoms with E-state index in [0.717, 1.165) is 12.3 Å². The predicted molar refractivity (Wildman–Crippen MR) is 22.2 cm³/mol. The first-order valence-corrected chi connectivity index (χ1v) is 2.43. The van der Waals surface area contributed by atoms with Gasteiger partial charge in [0.1, 0.15) is 0 Å². The standard InChI is InChI=1S/C2H4N2S/c1-2-5-4-3-1/h1-2H2. The van der Waals surface area contributed by atoms with Gasteiger partial charge in [0.2, 0.25) is 0 Å². The molecule has 3 heteroatoms. The summed E-state index contributed by atoms with van der Waals surface area (Å²) in [5.41, 5.74) is 0. The summed E-state index contributed by atoms with van der Waals surface area (Å²) in [6.07, 6.45) is 0. The molecule has 2 nitrogen and oxygen atoms in total. The quantitative estimate of drug-likeness (QED) is 0.407. The molecule has 0 radical (unpaired) electrons. The van der Waals surface area contributed by atoms with E-state index >= 15 is 0 Å². The maximum absolute atomic E-state index is 3.67. The molecule has 0 aromatic rings. The highest BCUT2D eigenvalue weighted by atomic mass is 32.2. The summed E-state index contributed by atoms with van der Waals surface area (Å²) in [6, 6.07) is 0. The lowest BCUT2D eigenvalue weighted by Crippen LogP contribution is -1.69. The molecule has 0 atom stereocenters. The second kappa shape index (κ2) is 1.40. The van der Waals surface area contributed by atoms with Crippen molar-refractivity contribution in [3.63, 3.8) is 0 Å². The van der Waals surface area contributed by atoms with Crippen molar-refractivity contribution in [1.82, 2.24) is 0 Å². The van der Waals surface area contributed by atoms with Crippen LogP contribution < -0.4 is 0 Å². The minimum atomic E-state index is 0.921. The molecule has 1 heterocycles. The molecular formula is C2H4N2S. The maximum atomic E-state index is 3.67. The number of nitrogens with zero attached hydrogens (tertiary/aromatic N) is 2. The normalized spacial score (nSPS) is 20.8. The van der Waals surface area contributed by atoms with Crippen LogP contribution in [0.4, 0.5) is 0 Å². The zero-order chi connectivity index (χ0) is 3.54. The fourth-order valence-corrected chi connectivity index (χ4v) is 0.612. The first kappa shape index (κ1) is 3.15. The Hall–Kier alpha value is -0.0500. The van der Waals surface area contributed by atoms with E-state index in [1.807, 2.05) is 0 Å². The molecular weight excluding hydrogens is 84.1 g/mol. The Morgan fingerprint density at radius 2 is 2.60 bits per heavy atom. The molecule has 1 aliphatic rings. The van der Waals surface area contributed by atoms with Gasteiger partial charge in [-0.05, 0) is 11.9 Å². The highest BCUT2D eigenvalue weighted by Crippen LogP contribution is 2.07. The number of hydrogen-bond acceptors (Lipinski definition) is 3. The van der Waals surface area contributed by atoms with Crippen molar-refractivity contribution in [3.8, 4) is 0 Å². The van der Waals surface area contributed by atoms with E-state index < -0.39 is 0 Å². The third kappa shape index (κ3) is 0.613. The van der Waals surface area contributed by atoms with Crippen molar-refractivity contribution in [1.29, 1.82) is 0 Å². The Kier molecular flexibility index (Phi) is 0.884. The van der Waals surface area contributed by atoms with Crippen LogP contribution in [0.3, 0.4) is 0 Å². The highest BCUT2D eigenvalue weighted by molar-refractivity contribution is 7.98. The minimum Gasteiger partial charge on any atom is -0.181 e. The van der Waals surface area contributed by atoms with Crippen LogP contribution in [-0.2, 0) is 0 Å². The van der Waals surface area contributed by atoms with Gasteiger partial charge in [0, 0.05) is 5.75 Å². The van der Waals surface area contributed by atoms with E-state index in [1.54, 1.807) is 0 Å². The fourth-order valence-electron chi connectivity index (χ4n) is 0.204. The SMILES string of the molecule is C1CSN=N1. The Morgan fingerprint density at radius 1 is 1.60 bits per heavy atom. The van der Waals surface area contributed by atoms with Gasteiger partial charge in [0.15, 0.2) is 0 Å². The molecule has 5 heavy (non-hydrogen) atoms. The van der Waals surface area contributed by atoms with Gasteiger partial charge < -0.3 is 0 Å². The summed E-state index contributed by atoms with van der Waals surface area (Å²) in [5.74, 6) is 1.08. The maximum Gasteiger partial charge on any atom is 0.0718 e. The fraction of sp³-hybridized carbons (Fsp3) is 1.00. The van der Waals surface area contributed by atoms with E-state index in [-0.39, 0.29) is 0 Å². The molecule has 0 bridgehead atoms. The Labute approximate surface area is 34.8 Å². The van der Waals surface area contributed by atoms with Gasteiger partial charge in [-0.1, -0.05) is 0 Å². The van der Waals surface area contributed by atoms with E-state index in [4.69, 9.17) is 0 Å². The van der Waals surface area contributed by atoms with Crippen LogP contribution >= 0.6 is 11.9 Å². The van der Waals surface area contributed by atoms with Gasteiger partial charge in [0.25, 0.3) is 0 Å². The second-order valence-electron chi connectivity index (χ2n) is 0.780. The van der Waals surface area contributed by atoms with Gasteiger partial charge >= 0.3 is 0 Å². The zero-order valence-corrected chi connectivity index (χ0v) is 3.53. The van der Waals surface area contributed by atoms with Crippen LogP contribution in [-0.4, -0.2) is 12.3 Å². The Morgan fingerprint density at radius 3 is 2.80 bits per heavy atom. The molecule has 28 valence electrons. The molecule has 0 fully saturated rings. The third-order valence-electron chi connectivity index (χ3n) is 0.398. The van der Waals surface area contributed by atoms with Crippen LogP contribution in [0, 0.1) is 0 Å². The van der Waals surface area contributed by atoms with E-state index in [0.29, 0.717) is 0 Å². The summed E-state index contributed by atoms with van der Waals surface area (Å²) in [6.45, 7) is 0.921. The largest absolute Gasteiger partial charge is 0.181 e. The van der Waals surface area contributed by atoms with Crippen molar-refractivity contribution in [2.75, 3.05) is 12.3 Å². The average Bonchev–Trinajstić information content (AvgIpc) is 1.76. The molecule has 0 aromatic heterocycles. The summed E-state index contributed by atoms with van der Waals surface area (Å²) in [5, 5.41) is 3.67. The van der Waals surface area contributed by atoms with Crippen LogP contribution in [0.5, 0.6) is 0 Å². The summed E-state index contributed by atoms with van der Waals surface area (Å²) in [7, 11) is 0. The van der Waals surface area contributed by atoms with Crippen molar-refractivity contribution >= 4 is 11.9 Å². The third-order valence-corrected chi connectivity index (χ3v) is 0.994. The highest BCUT2D eigenvalue weighted by Gasteiger charge is 1.88. The summed E-state index contributed by atoms with van der Waals surface area (Å²) < 4.78 is 3.62. The molecule has 0 saturated carbocycles. The van der Waals surface area contributed by atoms with Crippen LogP contribution in [0.15, 0.2) is 9.63 Å². The topological polar surface area (TPSA) is 24.7 Å². The summed E-state index contributed by atoms with van der Waals surface area (Å²) in [4.78, 5) is 0. The Bertz CT molecular complexity index is 45.6. The molecule has 0 N–H and O–H groups in total. The predicted octanol–water partition coefficient (Wildman–Crippen LogP) is 1.10. The van der Waals surface area contributed by atoms with Crippen LogP contribution in [0.25, 0.3) is 0 Å². The lowest BCUT2D eigenvalue weighted by molar-refractivity contribution is 1.10. The molecule has 0 aromatic carbocycles. The smallest absolute Gasteiger partial charge is 0.0718 e. The first-order chi connectivity index (χ1) is 2.50. The second-order valence-corrected chi connectivity index (χ2v) is 1.61. The van der Waals surface area contributed by atoms with E-state index in [2.05, 4.69) is 9.63 Å². The molecule has 0 saturated heterocycles. The molecule has 0 aliphatic carbocycles. The van der Waals surface area contributed by atoms with Crippen molar-refractivity contribution in [3.05, 3.63) is 0 Å². The molecule has 0 spiro atoms. The van der Waals surface area contributed by atoms with Crippen molar-refractivity contribution in [2.45, 2.75) is 0 Å². The molecule has 0 amide bonds. The monoisotopic (exact) mass is 88.0 g/mol. The van der Waals surface area contributed by atoms with Crippen molar-refractivity contribution in [2.24, 2.45) is 9.63 Å². The zero-order valence-electron chi connectivity index (χ0n) is 2.72. The van der Waals surface area contributed by atoms with Gasteiger partial charge in [-0.2, -0.15) is 5.11 Å². The number of rotatable bonds is 0. The van der Waals surface area contributed by atoms with Crippen LogP contribution in [0.1, 0.15) is 0 Å². The average molecular weight is 88.1 g/mol. The molecule has 0 unspecified atom stereocenters. The van der Waals surface area contributed by atoms with Gasteiger partial charge in [-0.25, -0.2) is 0 Å². The van der Waals surface area contributed by atoms with Gasteiger partial charge in [-0.15, -0.1) is 4.52 Å².